The Morgan fingerprint density at radius 3 is 3.05 bits per heavy atom. The molecule has 2 aromatic rings. The molecular weight excluding hydrogens is 292 g/mol. The molecule has 5 heteroatoms. The van der Waals surface area contributed by atoms with Gasteiger partial charge in [-0.05, 0) is 51.0 Å². The number of nitrogens with one attached hydrogen (secondary N) is 1. The van der Waals surface area contributed by atoms with Crippen LogP contribution < -0.4 is 5.32 Å². The summed E-state index contributed by atoms with van der Waals surface area (Å²) in [5.74, 6) is 1.08. The summed E-state index contributed by atoms with van der Waals surface area (Å²) in [4.78, 5) is 14.5. The molecule has 3 aliphatic rings. The van der Waals surface area contributed by atoms with Crippen LogP contribution in [0.2, 0.25) is 0 Å². The maximum atomic E-state index is 4.60. The molecule has 0 radical (unpaired) electrons. The van der Waals surface area contributed by atoms with Gasteiger partial charge in [-0.3, -0.25) is 4.90 Å². The summed E-state index contributed by atoms with van der Waals surface area (Å²) in [7, 11) is 0. The maximum Gasteiger partial charge on any atom is 0.138 e. The number of likely N-dealkylation sites (tertiary alicyclic amines) is 1. The van der Waals surface area contributed by atoms with E-state index in [9.17, 15) is 0 Å². The summed E-state index contributed by atoms with van der Waals surface area (Å²) < 4.78 is 0. The van der Waals surface area contributed by atoms with Crippen molar-refractivity contribution in [3.63, 3.8) is 0 Å². The molecule has 2 unspecified atom stereocenters. The summed E-state index contributed by atoms with van der Waals surface area (Å²) in [5.41, 5.74) is 1.52. The van der Waals surface area contributed by atoms with Gasteiger partial charge in [0.2, 0.25) is 0 Å². The molecular formula is C17H22N4S. The molecule has 1 aliphatic heterocycles. The minimum atomic E-state index is 0.533. The Hall–Kier alpha value is -1.20. The summed E-state index contributed by atoms with van der Waals surface area (Å²) >= 11 is 1.87. The lowest BCUT2D eigenvalue weighted by Crippen LogP contribution is -2.31. The van der Waals surface area contributed by atoms with Crippen molar-refractivity contribution in [3.8, 4) is 0 Å². The first-order valence-corrected chi connectivity index (χ1v) is 9.39. The third-order valence-electron chi connectivity index (χ3n) is 5.48. The van der Waals surface area contributed by atoms with Crippen LogP contribution in [0.1, 0.15) is 43.0 Å². The minimum Gasteiger partial charge on any atom is -0.365 e. The zero-order chi connectivity index (χ0) is 14.7. The van der Waals surface area contributed by atoms with Crippen LogP contribution in [-0.4, -0.2) is 39.5 Å². The van der Waals surface area contributed by atoms with E-state index in [1.165, 1.54) is 65.7 Å². The molecule has 2 aromatic heterocycles. The Balaban J connectivity index is 1.45. The predicted octanol–water partition coefficient (Wildman–Crippen LogP) is 3.22. The number of anilines is 1. The third-order valence-corrected chi connectivity index (χ3v) is 6.68. The van der Waals surface area contributed by atoms with Gasteiger partial charge in [0.05, 0.1) is 5.39 Å². The fraction of sp³-hybridized carbons (Fsp3) is 0.647. The summed E-state index contributed by atoms with van der Waals surface area (Å²) in [5, 5.41) is 5.07. The van der Waals surface area contributed by atoms with Crippen LogP contribution >= 0.6 is 11.3 Å². The molecule has 5 rings (SSSR count). The highest BCUT2D eigenvalue weighted by molar-refractivity contribution is 7.19. The first-order chi connectivity index (χ1) is 10.8. The maximum absolute atomic E-state index is 4.60. The highest BCUT2D eigenvalue weighted by Crippen LogP contribution is 2.40. The van der Waals surface area contributed by atoms with E-state index in [0.717, 1.165) is 11.9 Å². The smallest absolute Gasteiger partial charge is 0.138 e. The number of hydrogen-bond donors (Lipinski definition) is 1. The van der Waals surface area contributed by atoms with Crippen molar-refractivity contribution in [2.75, 3.05) is 11.9 Å². The lowest BCUT2D eigenvalue weighted by Gasteiger charge is -2.20. The topological polar surface area (TPSA) is 41.1 Å². The number of thiophene rings is 1. The van der Waals surface area contributed by atoms with Crippen LogP contribution in [0.3, 0.4) is 0 Å². The van der Waals surface area contributed by atoms with Crippen LogP contribution in [0.4, 0.5) is 5.82 Å². The van der Waals surface area contributed by atoms with Crippen LogP contribution in [0, 0.1) is 0 Å². The largest absolute Gasteiger partial charge is 0.365 e. The van der Waals surface area contributed by atoms with Gasteiger partial charge in [0.15, 0.2) is 0 Å². The van der Waals surface area contributed by atoms with E-state index in [0.29, 0.717) is 12.1 Å². The minimum absolute atomic E-state index is 0.533. The Labute approximate surface area is 134 Å². The molecule has 2 fully saturated rings. The van der Waals surface area contributed by atoms with Gasteiger partial charge in [0.1, 0.15) is 17.0 Å². The summed E-state index contributed by atoms with van der Waals surface area (Å²) in [6.07, 6.45) is 9.47. The van der Waals surface area contributed by atoms with Gasteiger partial charge in [-0.15, -0.1) is 11.3 Å². The van der Waals surface area contributed by atoms with Crippen molar-refractivity contribution < 1.29 is 0 Å². The molecule has 1 N–H and O–H groups in total. The summed E-state index contributed by atoms with van der Waals surface area (Å²) in [6.45, 7) is 3.54. The molecule has 4 nitrogen and oxygen atoms in total. The van der Waals surface area contributed by atoms with Crippen LogP contribution in [0.25, 0.3) is 10.2 Å². The molecule has 0 amide bonds. The third kappa shape index (κ3) is 2.06. The SMILES string of the molecule is CC1CC(Nc2ncnc3sc4c(c23)CCC4)CN1C1CC1. The number of aryl methyl sites for hydroxylation is 2. The Kier molecular flexibility index (Phi) is 2.95. The first kappa shape index (κ1) is 13.3. The normalized spacial score (nSPS) is 28.4. The molecule has 0 aromatic carbocycles. The fourth-order valence-corrected chi connectivity index (χ4v) is 5.54. The van der Waals surface area contributed by atoms with E-state index in [2.05, 4.69) is 27.1 Å². The number of aromatic nitrogens is 2. The van der Waals surface area contributed by atoms with Crippen LogP contribution in [-0.2, 0) is 12.8 Å². The zero-order valence-corrected chi connectivity index (χ0v) is 13.8. The van der Waals surface area contributed by atoms with E-state index in [-0.39, 0.29) is 0 Å². The zero-order valence-electron chi connectivity index (χ0n) is 13.0. The van der Waals surface area contributed by atoms with E-state index >= 15 is 0 Å². The van der Waals surface area contributed by atoms with Gasteiger partial charge >= 0.3 is 0 Å². The lowest BCUT2D eigenvalue weighted by molar-refractivity contribution is 0.257. The number of fused-ring (bicyclic) bond motifs is 3. The lowest BCUT2D eigenvalue weighted by atomic mass is 10.1. The van der Waals surface area contributed by atoms with Crippen molar-refractivity contribution in [1.29, 1.82) is 0 Å². The first-order valence-electron chi connectivity index (χ1n) is 8.57. The standard InChI is InChI=1S/C17H22N4S/c1-10-7-11(8-21(10)12-5-6-12)20-16-15-13-3-2-4-14(13)22-17(15)19-9-18-16/h9-12H,2-8H2,1H3,(H,18,19,20). The second-order valence-corrected chi connectivity index (χ2v) is 8.20. The van der Waals surface area contributed by atoms with Crippen molar-refractivity contribution in [1.82, 2.24) is 14.9 Å². The van der Waals surface area contributed by atoms with Gasteiger partial charge in [-0.25, -0.2) is 9.97 Å². The number of hydrogen-bond acceptors (Lipinski definition) is 5. The van der Waals surface area contributed by atoms with Crippen molar-refractivity contribution in [2.45, 2.75) is 63.6 Å². The van der Waals surface area contributed by atoms with Crippen molar-refractivity contribution in [2.24, 2.45) is 0 Å². The Morgan fingerprint density at radius 2 is 2.18 bits per heavy atom. The monoisotopic (exact) mass is 314 g/mol. The van der Waals surface area contributed by atoms with E-state index < -0.39 is 0 Å². The highest BCUT2D eigenvalue weighted by Gasteiger charge is 2.39. The van der Waals surface area contributed by atoms with E-state index in [1.54, 1.807) is 6.33 Å². The van der Waals surface area contributed by atoms with Crippen LogP contribution in [0.5, 0.6) is 0 Å². The molecule has 1 saturated heterocycles. The van der Waals surface area contributed by atoms with Gasteiger partial charge in [-0.2, -0.15) is 0 Å². The van der Waals surface area contributed by atoms with Gasteiger partial charge in [-0.1, -0.05) is 0 Å². The molecule has 22 heavy (non-hydrogen) atoms. The van der Waals surface area contributed by atoms with Crippen LogP contribution in [0.15, 0.2) is 6.33 Å². The number of rotatable bonds is 3. The summed E-state index contributed by atoms with van der Waals surface area (Å²) in [6, 6.07) is 2.10. The fourth-order valence-electron chi connectivity index (χ4n) is 4.31. The second kappa shape index (κ2) is 4.90. The van der Waals surface area contributed by atoms with Gasteiger partial charge in [0, 0.05) is 29.5 Å². The second-order valence-electron chi connectivity index (χ2n) is 7.11. The Bertz CT molecular complexity index is 721. The molecule has 3 heterocycles. The number of nitrogens with zero attached hydrogens (tertiary/aromatic N) is 3. The average Bonchev–Trinajstić information content (AvgIpc) is 2.96. The van der Waals surface area contributed by atoms with Crippen molar-refractivity contribution >= 4 is 27.4 Å². The molecule has 0 spiro atoms. The Morgan fingerprint density at radius 1 is 1.27 bits per heavy atom. The molecule has 2 aliphatic carbocycles. The quantitative estimate of drug-likeness (QED) is 0.944. The van der Waals surface area contributed by atoms with Gasteiger partial charge in [0.25, 0.3) is 0 Å². The molecule has 0 bridgehead atoms. The molecule has 1 saturated carbocycles. The van der Waals surface area contributed by atoms with Gasteiger partial charge < -0.3 is 5.32 Å². The predicted molar refractivity (Wildman–Crippen MR) is 90.7 cm³/mol. The average molecular weight is 314 g/mol. The molecule has 116 valence electrons. The van der Waals surface area contributed by atoms with Crippen molar-refractivity contribution in [3.05, 3.63) is 16.8 Å². The van der Waals surface area contributed by atoms with E-state index in [4.69, 9.17) is 0 Å². The molecule has 2 atom stereocenters. The highest BCUT2D eigenvalue weighted by atomic mass is 32.1. The van der Waals surface area contributed by atoms with E-state index in [1.807, 2.05) is 11.3 Å².